The number of ether oxygens (including phenoxy) is 2. The van der Waals surface area contributed by atoms with E-state index in [0.29, 0.717) is 25.3 Å². The maximum absolute atomic E-state index is 12.9. The molecule has 1 aliphatic rings. The summed E-state index contributed by atoms with van der Waals surface area (Å²) in [5, 5.41) is 7.28. The zero-order chi connectivity index (χ0) is 20.9. The minimum atomic E-state index is -0.135. The molecule has 4 rings (SSSR count). The van der Waals surface area contributed by atoms with E-state index in [2.05, 4.69) is 29.2 Å². The molecule has 1 amide bonds. The van der Waals surface area contributed by atoms with Crippen molar-refractivity contribution in [1.82, 2.24) is 20.1 Å². The van der Waals surface area contributed by atoms with E-state index in [0.717, 1.165) is 29.0 Å². The lowest BCUT2D eigenvalue weighted by atomic mass is 9.95. The van der Waals surface area contributed by atoms with Crippen molar-refractivity contribution in [2.45, 2.75) is 32.9 Å². The molecule has 0 bridgehead atoms. The monoisotopic (exact) mass is 406 g/mol. The molecule has 0 saturated carbocycles. The molecule has 0 aliphatic carbocycles. The molecule has 7 heteroatoms. The van der Waals surface area contributed by atoms with Crippen molar-refractivity contribution in [3.05, 3.63) is 71.8 Å². The van der Waals surface area contributed by atoms with Gasteiger partial charge in [-0.2, -0.15) is 5.10 Å². The van der Waals surface area contributed by atoms with Crippen LogP contribution in [0.3, 0.4) is 0 Å². The van der Waals surface area contributed by atoms with Gasteiger partial charge in [0.1, 0.15) is 12.7 Å². The van der Waals surface area contributed by atoms with Crippen molar-refractivity contribution in [2.24, 2.45) is 5.92 Å². The maximum Gasteiger partial charge on any atom is 0.251 e. The first-order valence-corrected chi connectivity index (χ1v) is 10.2. The average Bonchev–Trinajstić information content (AvgIpc) is 3.14. The molecular weight excluding hydrogens is 380 g/mol. The Labute approximate surface area is 176 Å². The molecular formula is C23H26N4O3. The van der Waals surface area contributed by atoms with Crippen molar-refractivity contribution in [2.75, 3.05) is 13.2 Å². The number of carbonyl (C=O) groups excluding carboxylic acids is 1. The zero-order valence-electron chi connectivity index (χ0n) is 17.2. The van der Waals surface area contributed by atoms with E-state index in [-0.39, 0.29) is 17.9 Å². The van der Waals surface area contributed by atoms with Crippen LogP contribution in [0.4, 0.5) is 0 Å². The van der Waals surface area contributed by atoms with Crippen LogP contribution >= 0.6 is 0 Å². The van der Waals surface area contributed by atoms with Gasteiger partial charge in [0.15, 0.2) is 11.5 Å². The summed E-state index contributed by atoms with van der Waals surface area (Å²) in [6, 6.07) is 13.3. The number of fused-ring (bicyclic) bond motifs is 1. The third-order valence-electron chi connectivity index (χ3n) is 5.11. The second kappa shape index (κ2) is 8.98. The summed E-state index contributed by atoms with van der Waals surface area (Å²) in [6.07, 6.45) is 4.04. The second-order valence-electron chi connectivity index (χ2n) is 7.74. The molecule has 1 atom stereocenters. The number of carbonyl (C=O) groups is 1. The number of nitrogens with one attached hydrogen (secondary N) is 1. The predicted molar refractivity (Wildman–Crippen MR) is 113 cm³/mol. The largest absolute Gasteiger partial charge is 0.490 e. The van der Waals surface area contributed by atoms with Gasteiger partial charge in [0.05, 0.1) is 25.8 Å². The number of aromatic nitrogens is 3. The number of hydrogen-bond donors (Lipinski definition) is 1. The molecule has 0 saturated heterocycles. The first kappa shape index (κ1) is 19.9. The van der Waals surface area contributed by atoms with E-state index in [9.17, 15) is 4.79 Å². The maximum atomic E-state index is 12.9. The Bertz CT molecular complexity index is 984. The SMILES string of the molecule is CC(C)[C@@H](NC(=O)c1ccc(Cn2cncn2)cc1)c1ccc2c(c1)OCCCO2. The van der Waals surface area contributed by atoms with Gasteiger partial charge in [-0.1, -0.05) is 32.0 Å². The molecule has 3 aromatic rings. The van der Waals surface area contributed by atoms with Crippen molar-refractivity contribution < 1.29 is 14.3 Å². The lowest BCUT2D eigenvalue weighted by molar-refractivity contribution is 0.0925. The van der Waals surface area contributed by atoms with Crippen LogP contribution in [-0.4, -0.2) is 33.9 Å². The van der Waals surface area contributed by atoms with Crippen LogP contribution in [0.2, 0.25) is 0 Å². The standard InChI is InChI=1S/C23H26N4O3/c1-16(2)22(19-8-9-20-21(12-19)30-11-3-10-29-20)26-23(28)18-6-4-17(5-7-18)13-27-15-24-14-25-27/h4-9,12,14-16,22H,3,10-11,13H2,1-2H3,(H,26,28)/t22-/m1/s1. The highest BCUT2D eigenvalue weighted by Gasteiger charge is 2.21. The summed E-state index contributed by atoms with van der Waals surface area (Å²) in [4.78, 5) is 16.9. The average molecular weight is 406 g/mol. The van der Waals surface area contributed by atoms with Gasteiger partial charge in [-0.25, -0.2) is 9.67 Å². The zero-order valence-corrected chi connectivity index (χ0v) is 17.2. The Hall–Kier alpha value is -3.35. The smallest absolute Gasteiger partial charge is 0.251 e. The molecule has 0 spiro atoms. The minimum Gasteiger partial charge on any atom is -0.490 e. The molecule has 30 heavy (non-hydrogen) atoms. The van der Waals surface area contributed by atoms with Crippen LogP contribution in [0.1, 0.15) is 47.8 Å². The van der Waals surface area contributed by atoms with Crippen LogP contribution in [0.15, 0.2) is 55.1 Å². The van der Waals surface area contributed by atoms with Crippen molar-refractivity contribution in [1.29, 1.82) is 0 Å². The van der Waals surface area contributed by atoms with Crippen molar-refractivity contribution in [3.8, 4) is 11.5 Å². The molecule has 1 aromatic heterocycles. The predicted octanol–water partition coefficient (Wildman–Crippen LogP) is 3.61. The topological polar surface area (TPSA) is 78.3 Å². The summed E-state index contributed by atoms with van der Waals surface area (Å²) < 4.78 is 13.3. The molecule has 0 unspecified atom stereocenters. The van der Waals surface area contributed by atoms with Gasteiger partial charge in [-0.3, -0.25) is 4.79 Å². The highest BCUT2D eigenvalue weighted by atomic mass is 16.5. The fourth-order valence-electron chi connectivity index (χ4n) is 3.50. The molecule has 156 valence electrons. The first-order chi connectivity index (χ1) is 14.6. The van der Waals surface area contributed by atoms with Gasteiger partial charge in [-0.05, 0) is 41.3 Å². The number of nitrogens with zero attached hydrogens (tertiary/aromatic N) is 3. The summed E-state index contributed by atoms with van der Waals surface area (Å²) in [5.74, 6) is 1.61. The highest BCUT2D eigenvalue weighted by molar-refractivity contribution is 5.94. The summed E-state index contributed by atoms with van der Waals surface area (Å²) >= 11 is 0. The van der Waals surface area contributed by atoms with Gasteiger partial charge in [0.25, 0.3) is 5.91 Å². The summed E-state index contributed by atoms with van der Waals surface area (Å²) in [6.45, 7) is 6.10. The normalized spacial score (nSPS) is 14.2. The van der Waals surface area contributed by atoms with Gasteiger partial charge < -0.3 is 14.8 Å². The van der Waals surface area contributed by atoms with Gasteiger partial charge in [-0.15, -0.1) is 0 Å². The highest BCUT2D eigenvalue weighted by Crippen LogP contribution is 2.34. The summed E-state index contributed by atoms with van der Waals surface area (Å²) in [7, 11) is 0. The van der Waals surface area contributed by atoms with Gasteiger partial charge in [0, 0.05) is 12.0 Å². The number of hydrogen-bond acceptors (Lipinski definition) is 5. The van der Waals surface area contributed by atoms with Crippen LogP contribution in [-0.2, 0) is 6.54 Å². The Morgan fingerprint density at radius 3 is 2.57 bits per heavy atom. The number of benzene rings is 2. The van der Waals surface area contributed by atoms with E-state index in [1.165, 1.54) is 6.33 Å². The van der Waals surface area contributed by atoms with E-state index < -0.39 is 0 Å². The van der Waals surface area contributed by atoms with E-state index in [4.69, 9.17) is 9.47 Å². The van der Waals surface area contributed by atoms with Gasteiger partial charge >= 0.3 is 0 Å². The molecule has 1 aliphatic heterocycles. The van der Waals surface area contributed by atoms with Crippen LogP contribution in [0, 0.1) is 5.92 Å². The molecule has 2 aromatic carbocycles. The van der Waals surface area contributed by atoms with Crippen LogP contribution < -0.4 is 14.8 Å². The first-order valence-electron chi connectivity index (χ1n) is 10.2. The Kier molecular flexibility index (Phi) is 5.97. The Morgan fingerprint density at radius 1 is 1.10 bits per heavy atom. The molecule has 2 heterocycles. The third kappa shape index (κ3) is 4.62. The Balaban J connectivity index is 1.48. The van der Waals surface area contributed by atoms with E-state index in [1.807, 2.05) is 42.5 Å². The third-order valence-corrected chi connectivity index (χ3v) is 5.11. The van der Waals surface area contributed by atoms with Gasteiger partial charge in [0.2, 0.25) is 0 Å². The lowest BCUT2D eigenvalue weighted by Gasteiger charge is -2.24. The van der Waals surface area contributed by atoms with Crippen molar-refractivity contribution >= 4 is 5.91 Å². The fraction of sp³-hybridized carbons (Fsp3) is 0.348. The quantitative estimate of drug-likeness (QED) is 0.677. The molecule has 7 nitrogen and oxygen atoms in total. The Morgan fingerprint density at radius 2 is 1.87 bits per heavy atom. The summed E-state index contributed by atoms with van der Waals surface area (Å²) in [5.41, 5.74) is 2.68. The van der Waals surface area contributed by atoms with E-state index in [1.54, 1.807) is 11.0 Å². The van der Waals surface area contributed by atoms with Crippen LogP contribution in [0.5, 0.6) is 11.5 Å². The number of amides is 1. The van der Waals surface area contributed by atoms with Crippen molar-refractivity contribution in [3.63, 3.8) is 0 Å². The molecule has 0 radical (unpaired) electrons. The second-order valence-corrected chi connectivity index (χ2v) is 7.74. The fourth-order valence-corrected chi connectivity index (χ4v) is 3.50. The number of rotatable bonds is 6. The molecule has 0 fully saturated rings. The lowest BCUT2D eigenvalue weighted by Crippen LogP contribution is -2.31. The van der Waals surface area contributed by atoms with E-state index >= 15 is 0 Å². The van der Waals surface area contributed by atoms with Crippen LogP contribution in [0.25, 0.3) is 0 Å². The molecule has 1 N–H and O–H groups in total. The minimum absolute atomic E-state index is 0.104.